The Hall–Kier alpha value is -3.39. The van der Waals surface area contributed by atoms with Crippen molar-refractivity contribution in [1.82, 2.24) is 0 Å². The molecule has 120 valence electrons. The molecule has 0 heterocycles. The smallest absolute Gasteiger partial charge is 0.336 e. The van der Waals surface area contributed by atoms with Crippen LogP contribution in [0.2, 0.25) is 0 Å². The van der Waals surface area contributed by atoms with Gasteiger partial charge in [0.05, 0.1) is 0 Å². The molecule has 2 nitrogen and oxygen atoms in total. The lowest BCUT2D eigenvalue weighted by Gasteiger charge is -2.06. The maximum Gasteiger partial charge on any atom is 0.336 e. The molecule has 0 N–H and O–H groups in total. The summed E-state index contributed by atoms with van der Waals surface area (Å²) in [7, 11) is 0. The van der Waals surface area contributed by atoms with Crippen molar-refractivity contribution >= 4 is 33.6 Å². The number of benzene rings is 4. The van der Waals surface area contributed by atoms with Crippen molar-refractivity contribution in [2.24, 2.45) is 0 Å². The third kappa shape index (κ3) is 3.15. The van der Waals surface area contributed by atoms with E-state index in [4.69, 9.17) is 4.74 Å². The van der Waals surface area contributed by atoms with Crippen molar-refractivity contribution in [1.29, 1.82) is 0 Å². The molecule has 0 aliphatic heterocycles. The van der Waals surface area contributed by atoms with E-state index in [1.807, 2.05) is 72.8 Å². The van der Waals surface area contributed by atoms with Gasteiger partial charge >= 0.3 is 5.97 Å². The SMILES string of the molecule is O=C(C=Cc1cccc2ccccc12)Oc1cccc2ccccc12. The normalized spacial score (nSPS) is 11.2. The zero-order valence-electron chi connectivity index (χ0n) is 13.6. The minimum Gasteiger partial charge on any atom is -0.423 e. The van der Waals surface area contributed by atoms with Crippen LogP contribution in [0.5, 0.6) is 5.75 Å². The lowest BCUT2D eigenvalue weighted by molar-refractivity contribution is -0.128. The van der Waals surface area contributed by atoms with E-state index < -0.39 is 0 Å². The van der Waals surface area contributed by atoms with E-state index in [1.54, 1.807) is 6.08 Å². The molecule has 0 aliphatic rings. The predicted molar refractivity (Wildman–Crippen MR) is 103 cm³/mol. The Morgan fingerprint density at radius 2 is 1.28 bits per heavy atom. The molecule has 0 spiro atoms. The molecule has 4 aromatic carbocycles. The second kappa shape index (κ2) is 6.62. The highest BCUT2D eigenvalue weighted by Crippen LogP contribution is 2.25. The van der Waals surface area contributed by atoms with E-state index in [-0.39, 0.29) is 5.97 Å². The molecule has 0 saturated carbocycles. The van der Waals surface area contributed by atoms with E-state index in [2.05, 4.69) is 12.1 Å². The lowest BCUT2D eigenvalue weighted by atomic mass is 10.0. The highest BCUT2D eigenvalue weighted by molar-refractivity contribution is 5.97. The summed E-state index contributed by atoms with van der Waals surface area (Å²) in [5.41, 5.74) is 0.993. The van der Waals surface area contributed by atoms with Gasteiger partial charge in [-0.2, -0.15) is 0 Å². The molecule has 0 aliphatic carbocycles. The predicted octanol–water partition coefficient (Wildman–Crippen LogP) is 5.61. The van der Waals surface area contributed by atoms with Gasteiger partial charge in [-0.25, -0.2) is 4.79 Å². The molecular weight excluding hydrogens is 308 g/mol. The van der Waals surface area contributed by atoms with Crippen LogP contribution >= 0.6 is 0 Å². The Labute approximate surface area is 146 Å². The molecule has 0 fully saturated rings. The third-order valence-corrected chi connectivity index (χ3v) is 4.18. The number of esters is 1. The molecule has 4 aromatic rings. The van der Waals surface area contributed by atoms with Crippen molar-refractivity contribution in [2.75, 3.05) is 0 Å². The number of hydrogen-bond acceptors (Lipinski definition) is 2. The summed E-state index contributed by atoms with van der Waals surface area (Å²) in [6, 6.07) is 27.7. The summed E-state index contributed by atoms with van der Waals surface area (Å²) in [5, 5.41) is 4.23. The van der Waals surface area contributed by atoms with Crippen LogP contribution in [0.25, 0.3) is 27.6 Å². The van der Waals surface area contributed by atoms with Crippen molar-refractivity contribution in [3.8, 4) is 5.75 Å². The van der Waals surface area contributed by atoms with Crippen molar-refractivity contribution in [2.45, 2.75) is 0 Å². The van der Waals surface area contributed by atoms with Crippen molar-refractivity contribution in [3.05, 3.63) is 96.6 Å². The van der Waals surface area contributed by atoms with Crippen molar-refractivity contribution < 1.29 is 9.53 Å². The van der Waals surface area contributed by atoms with Gasteiger partial charge < -0.3 is 4.74 Å². The van der Waals surface area contributed by atoms with Crippen LogP contribution in [0.1, 0.15) is 5.56 Å². The lowest BCUT2D eigenvalue weighted by Crippen LogP contribution is -2.04. The van der Waals surface area contributed by atoms with Gasteiger partial charge in [-0.3, -0.25) is 0 Å². The van der Waals surface area contributed by atoms with Crippen LogP contribution in [-0.4, -0.2) is 5.97 Å². The van der Waals surface area contributed by atoms with Crippen LogP contribution < -0.4 is 4.74 Å². The third-order valence-electron chi connectivity index (χ3n) is 4.18. The molecule has 0 saturated heterocycles. The van der Waals surface area contributed by atoms with Gasteiger partial charge in [-0.1, -0.05) is 78.9 Å². The summed E-state index contributed by atoms with van der Waals surface area (Å²) < 4.78 is 5.54. The van der Waals surface area contributed by atoms with Gasteiger partial charge in [0.15, 0.2) is 0 Å². The molecule has 0 unspecified atom stereocenters. The Morgan fingerprint density at radius 3 is 2.08 bits per heavy atom. The van der Waals surface area contributed by atoms with E-state index >= 15 is 0 Å². The highest BCUT2D eigenvalue weighted by atomic mass is 16.5. The number of carbonyl (C=O) groups is 1. The van der Waals surface area contributed by atoms with Gasteiger partial charge in [0, 0.05) is 11.5 Å². The van der Waals surface area contributed by atoms with E-state index in [0.717, 1.165) is 27.1 Å². The van der Waals surface area contributed by atoms with Gasteiger partial charge in [0.2, 0.25) is 0 Å². The minimum absolute atomic E-state index is 0.385. The summed E-state index contributed by atoms with van der Waals surface area (Å²) in [4.78, 5) is 12.3. The van der Waals surface area contributed by atoms with Crippen LogP contribution in [0.15, 0.2) is 91.0 Å². The van der Waals surface area contributed by atoms with E-state index in [9.17, 15) is 4.79 Å². The van der Waals surface area contributed by atoms with Gasteiger partial charge in [-0.15, -0.1) is 0 Å². The average molecular weight is 324 g/mol. The highest BCUT2D eigenvalue weighted by Gasteiger charge is 2.05. The van der Waals surface area contributed by atoms with E-state index in [1.165, 1.54) is 6.08 Å². The first-order valence-corrected chi connectivity index (χ1v) is 8.17. The van der Waals surface area contributed by atoms with Crippen molar-refractivity contribution in [3.63, 3.8) is 0 Å². The molecule has 25 heavy (non-hydrogen) atoms. The Bertz CT molecular complexity index is 1080. The fraction of sp³-hybridized carbons (Fsp3) is 0. The molecule has 0 bridgehead atoms. The second-order valence-electron chi connectivity index (χ2n) is 5.80. The number of rotatable bonds is 3. The van der Waals surface area contributed by atoms with Gasteiger partial charge in [0.25, 0.3) is 0 Å². The van der Waals surface area contributed by atoms with Crippen LogP contribution in [0, 0.1) is 0 Å². The Morgan fingerprint density at radius 1 is 0.680 bits per heavy atom. The Balaban J connectivity index is 1.60. The molecule has 4 rings (SSSR count). The molecular formula is C23H16O2. The molecule has 2 heteroatoms. The largest absolute Gasteiger partial charge is 0.423 e. The first-order chi connectivity index (χ1) is 12.3. The molecule has 0 radical (unpaired) electrons. The summed E-state index contributed by atoms with van der Waals surface area (Å²) >= 11 is 0. The van der Waals surface area contributed by atoms with Gasteiger partial charge in [-0.05, 0) is 33.9 Å². The first-order valence-electron chi connectivity index (χ1n) is 8.17. The minimum atomic E-state index is -0.385. The quantitative estimate of drug-likeness (QED) is 0.278. The number of carbonyl (C=O) groups excluding carboxylic acids is 1. The van der Waals surface area contributed by atoms with Crippen LogP contribution in [0.3, 0.4) is 0 Å². The fourth-order valence-electron chi connectivity index (χ4n) is 2.98. The Kier molecular flexibility index (Phi) is 4.01. The molecule has 0 aromatic heterocycles. The maximum absolute atomic E-state index is 12.3. The number of fused-ring (bicyclic) bond motifs is 2. The van der Waals surface area contributed by atoms with E-state index in [0.29, 0.717) is 5.75 Å². The average Bonchev–Trinajstić information content (AvgIpc) is 2.66. The monoisotopic (exact) mass is 324 g/mol. The first kappa shape index (κ1) is 15.2. The summed E-state index contributed by atoms with van der Waals surface area (Å²) in [5.74, 6) is 0.190. The molecule has 0 atom stereocenters. The zero-order valence-corrected chi connectivity index (χ0v) is 13.6. The maximum atomic E-state index is 12.3. The van der Waals surface area contributed by atoms with Crippen LogP contribution in [-0.2, 0) is 4.79 Å². The molecule has 0 amide bonds. The number of ether oxygens (including phenoxy) is 1. The standard InChI is InChI=1S/C23H16O2/c24-23(25-22-14-6-11-18-8-2-4-13-21(18)22)16-15-19-10-5-9-17-7-1-3-12-20(17)19/h1-16H. The fourth-order valence-corrected chi connectivity index (χ4v) is 2.98. The topological polar surface area (TPSA) is 26.3 Å². The van der Waals surface area contributed by atoms with Crippen LogP contribution in [0.4, 0.5) is 0 Å². The second-order valence-corrected chi connectivity index (χ2v) is 5.80. The number of hydrogen-bond donors (Lipinski definition) is 0. The summed E-state index contributed by atoms with van der Waals surface area (Å²) in [6.45, 7) is 0. The zero-order chi connectivity index (χ0) is 17.1. The summed E-state index contributed by atoms with van der Waals surface area (Å²) in [6.07, 6.45) is 3.28. The van der Waals surface area contributed by atoms with Gasteiger partial charge in [0.1, 0.15) is 5.75 Å².